The predicted molar refractivity (Wildman–Crippen MR) is 116 cm³/mol. The maximum absolute atomic E-state index is 13.7. The van der Waals surface area contributed by atoms with Crippen LogP contribution in [0.4, 0.5) is 15.8 Å². The molecule has 0 aliphatic carbocycles. The molecule has 0 aromatic heterocycles. The van der Waals surface area contributed by atoms with Gasteiger partial charge in [-0.2, -0.15) is 0 Å². The molecule has 1 unspecified atom stereocenters. The van der Waals surface area contributed by atoms with Crippen LogP contribution < -0.4 is 15.0 Å². The summed E-state index contributed by atoms with van der Waals surface area (Å²) < 4.78 is 19.1. The summed E-state index contributed by atoms with van der Waals surface area (Å²) in [5, 5.41) is 2.52. The summed E-state index contributed by atoms with van der Waals surface area (Å²) in [6, 6.07) is 22.4. The maximum Gasteiger partial charge on any atom is 0.262 e. The minimum absolute atomic E-state index is 0.0821. The molecule has 0 bridgehead atoms. The summed E-state index contributed by atoms with van der Waals surface area (Å²) in [6.45, 7) is -0.111. The summed E-state index contributed by atoms with van der Waals surface area (Å²) in [4.78, 5) is 26.3. The van der Waals surface area contributed by atoms with Crippen LogP contribution in [0.3, 0.4) is 0 Å². The van der Waals surface area contributed by atoms with Gasteiger partial charge in [0.1, 0.15) is 16.9 Å². The normalized spacial score (nSPS) is 15.8. The van der Waals surface area contributed by atoms with Crippen molar-refractivity contribution in [2.45, 2.75) is 5.37 Å². The monoisotopic (exact) mass is 422 g/mol. The molecule has 1 N–H and O–H groups in total. The third-order valence-corrected chi connectivity index (χ3v) is 5.74. The van der Waals surface area contributed by atoms with E-state index >= 15 is 0 Å². The van der Waals surface area contributed by atoms with Crippen LogP contribution in [0.1, 0.15) is 10.9 Å². The van der Waals surface area contributed by atoms with Gasteiger partial charge < -0.3 is 10.1 Å². The van der Waals surface area contributed by atoms with Crippen LogP contribution in [0.25, 0.3) is 0 Å². The van der Waals surface area contributed by atoms with Gasteiger partial charge in [-0.1, -0.05) is 36.4 Å². The van der Waals surface area contributed by atoms with Gasteiger partial charge in [-0.15, -0.1) is 11.8 Å². The third-order valence-electron chi connectivity index (χ3n) is 4.52. The highest BCUT2D eigenvalue weighted by molar-refractivity contribution is 8.00. The Balaban J connectivity index is 1.47. The number of nitrogens with zero attached hydrogens (tertiary/aromatic N) is 1. The first-order chi connectivity index (χ1) is 14.6. The summed E-state index contributed by atoms with van der Waals surface area (Å²) >= 11 is 1.46. The number of amides is 2. The Labute approximate surface area is 177 Å². The Morgan fingerprint density at radius 2 is 1.87 bits per heavy atom. The Kier molecular flexibility index (Phi) is 5.99. The van der Waals surface area contributed by atoms with Crippen LogP contribution in [0.5, 0.6) is 5.75 Å². The van der Waals surface area contributed by atoms with Crippen molar-refractivity contribution < 1.29 is 18.7 Å². The Bertz CT molecular complexity index is 1060. The highest BCUT2D eigenvalue weighted by Gasteiger charge is 2.34. The van der Waals surface area contributed by atoms with Gasteiger partial charge in [0, 0.05) is 11.4 Å². The fourth-order valence-corrected chi connectivity index (χ4v) is 4.38. The van der Waals surface area contributed by atoms with Gasteiger partial charge in [-0.05, 0) is 48.0 Å². The maximum atomic E-state index is 13.7. The van der Waals surface area contributed by atoms with E-state index in [0.717, 1.165) is 5.56 Å². The standard InChI is InChI=1S/C23H19FN2O3S/c24-17-7-5-9-19(13-17)26-22(28)15-30-23(26)16-6-4-8-18(12-16)25-21(27)14-29-20-10-2-1-3-11-20/h1-13,23H,14-15H2,(H,25,27). The third kappa shape index (κ3) is 4.63. The zero-order valence-electron chi connectivity index (χ0n) is 16.0. The topological polar surface area (TPSA) is 58.6 Å². The van der Waals surface area contributed by atoms with Gasteiger partial charge in [0.25, 0.3) is 5.91 Å². The lowest BCUT2D eigenvalue weighted by Crippen LogP contribution is -2.28. The quantitative estimate of drug-likeness (QED) is 0.630. The molecule has 1 aliphatic rings. The van der Waals surface area contributed by atoms with E-state index in [2.05, 4.69) is 5.32 Å². The van der Waals surface area contributed by atoms with Crippen molar-refractivity contribution in [3.05, 3.63) is 90.2 Å². The molecule has 3 aromatic rings. The molecular formula is C23H19FN2O3S. The average molecular weight is 422 g/mol. The second-order valence-electron chi connectivity index (χ2n) is 6.68. The first kappa shape index (κ1) is 20.0. The largest absolute Gasteiger partial charge is 0.484 e. The number of halogens is 1. The van der Waals surface area contributed by atoms with Gasteiger partial charge in [-0.25, -0.2) is 4.39 Å². The van der Waals surface area contributed by atoms with Crippen molar-refractivity contribution in [1.29, 1.82) is 0 Å². The summed E-state index contributed by atoms with van der Waals surface area (Å²) in [5.74, 6) is 0.167. The number of hydrogen-bond donors (Lipinski definition) is 1. The van der Waals surface area contributed by atoms with Gasteiger partial charge in [0.15, 0.2) is 6.61 Å². The fraction of sp³-hybridized carbons (Fsp3) is 0.130. The molecule has 1 fully saturated rings. The molecule has 0 radical (unpaired) electrons. The van der Waals surface area contributed by atoms with Crippen molar-refractivity contribution in [3.63, 3.8) is 0 Å². The van der Waals surface area contributed by atoms with Crippen molar-refractivity contribution in [1.82, 2.24) is 0 Å². The molecule has 1 atom stereocenters. The summed E-state index contributed by atoms with van der Waals surface area (Å²) in [7, 11) is 0. The zero-order chi connectivity index (χ0) is 20.9. The Morgan fingerprint density at radius 3 is 2.67 bits per heavy atom. The highest BCUT2D eigenvalue weighted by Crippen LogP contribution is 2.42. The molecular weight excluding hydrogens is 403 g/mol. The van der Waals surface area contributed by atoms with E-state index in [9.17, 15) is 14.0 Å². The molecule has 0 saturated carbocycles. The molecule has 1 saturated heterocycles. The fourth-order valence-electron chi connectivity index (χ4n) is 3.21. The van der Waals surface area contributed by atoms with Gasteiger partial charge in [-0.3, -0.25) is 14.5 Å². The minimum atomic E-state index is -0.393. The van der Waals surface area contributed by atoms with Crippen molar-refractivity contribution in [2.24, 2.45) is 0 Å². The van der Waals surface area contributed by atoms with Gasteiger partial charge in [0.2, 0.25) is 5.91 Å². The summed E-state index contributed by atoms with van der Waals surface area (Å²) in [5.41, 5.74) is 1.96. The number of nitrogens with one attached hydrogen (secondary N) is 1. The lowest BCUT2D eigenvalue weighted by molar-refractivity contribution is -0.118. The van der Waals surface area contributed by atoms with Crippen molar-refractivity contribution >= 4 is 35.0 Å². The first-order valence-corrected chi connectivity index (χ1v) is 10.4. The number of carbonyl (C=O) groups excluding carboxylic acids is 2. The van der Waals surface area contributed by atoms with Crippen molar-refractivity contribution in [3.8, 4) is 5.75 Å². The molecule has 3 aromatic carbocycles. The van der Waals surface area contributed by atoms with E-state index in [0.29, 0.717) is 22.9 Å². The second kappa shape index (κ2) is 9.00. The zero-order valence-corrected chi connectivity index (χ0v) is 16.8. The van der Waals surface area contributed by atoms with Crippen LogP contribution in [-0.4, -0.2) is 24.2 Å². The Hall–Kier alpha value is -3.32. The van der Waals surface area contributed by atoms with E-state index < -0.39 is 5.82 Å². The molecule has 1 aliphatic heterocycles. The van der Waals surface area contributed by atoms with E-state index in [-0.39, 0.29) is 23.8 Å². The predicted octanol–water partition coefficient (Wildman–Crippen LogP) is 4.62. The van der Waals surface area contributed by atoms with E-state index in [1.807, 2.05) is 36.4 Å². The van der Waals surface area contributed by atoms with E-state index in [4.69, 9.17) is 4.74 Å². The Morgan fingerprint density at radius 1 is 1.07 bits per heavy atom. The van der Waals surface area contributed by atoms with E-state index in [1.54, 1.807) is 35.2 Å². The highest BCUT2D eigenvalue weighted by atomic mass is 32.2. The molecule has 2 amide bonds. The second-order valence-corrected chi connectivity index (χ2v) is 7.75. The lowest BCUT2D eigenvalue weighted by atomic mass is 10.1. The number of ether oxygens (including phenoxy) is 1. The lowest BCUT2D eigenvalue weighted by Gasteiger charge is -2.24. The SMILES string of the molecule is O=C(COc1ccccc1)Nc1cccc(C2SCC(=O)N2c2cccc(F)c2)c1. The molecule has 30 heavy (non-hydrogen) atoms. The number of benzene rings is 3. The molecule has 5 nitrogen and oxygen atoms in total. The van der Waals surface area contributed by atoms with Crippen LogP contribution in [-0.2, 0) is 9.59 Å². The summed E-state index contributed by atoms with van der Waals surface area (Å²) in [6.07, 6.45) is 0. The number of rotatable bonds is 6. The van der Waals surface area contributed by atoms with Crippen molar-refractivity contribution in [2.75, 3.05) is 22.6 Å². The molecule has 7 heteroatoms. The number of carbonyl (C=O) groups is 2. The van der Waals surface area contributed by atoms with Gasteiger partial charge >= 0.3 is 0 Å². The molecule has 1 heterocycles. The van der Waals surface area contributed by atoms with Crippen LogP contribution in [0.2, 0.25) is 0 Å². The van der Waals surface area contributed by atoms with Crippen LogP contribution >= 0.6 is 11.8 Å². The average Bonchev–Trinajstić information content (AvgIpc) is 3.15. The van der Waals surface area contributed by atoms with Crippen LogP contribution in [0.15, 0.2) is 78.9 Å². The molecule has 152 valence electrons. The van der Waals surface area contributed by atoms with Gasteiger partial charge in [0.05, 0.1) is 5.75 Å². The molecule has 4 rings (SSSR count). The molecule has 0 spiro atoms. The number of thioether (sulfide) groups is 1. The number of para-hydroxylation sites is 1. The van der Waals surface area contributed by atoms with Crippen LogP contribution in [0, 0.1) is 5.82 Å². The number of anilines is 2. The minimum Gasteiger partial charge on any atom is -0.484 e. The smallest absolute Gasteiger partial charge is 0.262 e. The first-order valence-electron chi connectivity index (χ1n) is 9.37. The van der Waals surface area contributed by atoms with E-state index in [1.165, 1.54) is 23.9 Å². The number of hydrogen-bond acceptors (Lipinski definition) is 4.